The first-order valence-electron chi connectivity index (χ1n) is 5.23. The second kappa shape index (κ2) is 7.73. The second-order valence-corrected chi connectivity index (χ2v) is 4.43. The fourth-order valence-corrected chi connectivity index (χ4v) is 1.81. The van der Waals surface area contributed by atoms with E-state index in [4.69, 9.17) is 0 Å². The molecule has 0 aliphatic rings. The summed E-state index contributed by atoms with van der Waals surface area (Å²) in [7, 11) is 0. The maximum absolute atomic E-state index is 11.3. The molecule has 0 saturated heterocycles. The van der Waals surface area contributed by atoms with Crippen molar-refractivity contribution < 1.29 is 24.2 Å². The van der Waals surface area contributed by atoms with E-state index < -0.39 is 24.2 Å². The Bertz CT molecular complexity index is 393. The summed E-state index contributed by atoms with van der Waals surface area (Å²) in [6.45, 7) is 0.728. The van der Waals surface area contributed by atoms with Crippen molar-refractivity contribution >= 4 is 23.7 Å². The average Bonchev–Trinajstić information content (AvgIpc) is 2.36. The van der Waals surface area contributed by atoms with E-state index in [9.17, 15) is 14.7 Å². The van der Waals surface area contributed by atoms with Crippen molar-refractivity contribution in [3.05, 3.63) is 35.9 Å². The summed E-state index contributed by atoms with van der Waals surface area (Å²) in [5, 5.41) is 9.49. The molecule has 5 nitrogen and oxygen atoms in total. The molecular weight excluding hydrogens is 256 g/mol. The average molecular weight is 270 g/mol. The van der Waals surface area contributed by atoms with E-state index in [0.717, 1.165) is 17.3 Å². The van der Waals surface area contributed by atoms with Crippen molar-refractivity contribution in [1.82, 2.24) is 0 Å². The first-order chi connectivity index (χ1) is 8.59. The zero-order valence-corrected chi connectivity index (χ0v) is 10.7. The van der Waals surface area contributed by atoms with Crippen molar-refractivity contribution in [3.63, 3.8) is 0 Å². The van der Waals surface area contributed by atoms with Crippen molar-refractivity contribution in [2.45, 2.75) is 18.1 Å². The molecular formula is C12H14O5S. The van der Waals surface area contributed by atoms with Crippen LogP contribution >= 0.6 is 11.8 Å². The molecule has 0 aliphatic heterocycles. The lowest BCUT2D eigenvalue weighted by atomic mass is 10.2. The predicted molar refractivity (Wildman–Crippen MR) is 66.5 cm³/mol. The standard InChI is InChI=1S/C12H14O5S/c1-9(13)16-8-17-11(14)12(15)18-7-10-5-3-2-4-6-10/h2-6,12,15H,7-8H2,1H3/t12-/m0/s1. The molecule has 98 valence electrons. The molecule has 0 spiro atoms. The van der Waals surface area contributed by atoms with Gasteiger partial charge in [-0.05, 0) is 5.56 Å². The van der Waals surface area contributed by atoms with Crippen LogP contribution in [0.15, 0.2) is 30.3 Å². The lowest BCUT2D eigenvalue weighted by Gasteiger charge is -2.10. The zero-order chi connectivity index (χ0) is 13.4. The molecule has 0 bridgehead atoms. The van der Waals surface area contributed by atoms with Gasteiger partial charge in [0, 0.05) is 12.7 Å². The van der Waals surface area contributed by atoms with E-state index in [1.807, 2.05) is 30.3 Å². The molecule has 0 amide bonds. The Morgan fingerprint density at radius 2 is 1.94 bits per heavy atom. The Hall–Kier alpha value is -1.53. The van der Waals surface area contributed by atoms with Gasteiger partial charge in [0.2, 0.25) is 6.79 Å². The summed E-state index contributed by atoms with van der Waals surface area (Å²) in [5.74, 6) is -0.878. The van der Waals surface area contributed by atoms with E-state index in [1.165, 1.54) is 6.92 Å². The van der Waals surface area contributed by atoms with Crippen LogP contribution in [0.25, 0.3) is 0 Å². The number of aliphatic hydroxyl groups is 1. The van der Waals surface area contributed by atoms with Crippen LogP contribution in [-0.4, -0.2) is 29.3 Å². The van der Waals surface area contributed by atoms with E-state index >= 15 is 0 Å². The Kier molecular flexibility index (Phi) is 6.24. The molecule has 0 heterocycles. The van der Waals surface area contributed by atoms with Gasteiger partial charge >= 0.3 is 11.9 Å². The van der Waals surface area contributed by atoms with Gasteiger partial charge in [-0.3, -0.25) is 4.79 Å². The first kappa shape index (κ1) is 14.5. The molecule has 0 aromatic heterocycles. The number of hydrogen-bond donors (Lipinski definition) is 1. The molecule has 1 N–H and O–H groups in total. The number of esters is 2. The van der Waals surface area contributed by atoms with Crippen LogP contribution in [0.4, 0.5) is 0 Å². The first-order valence-corrected chi connectivity index (χ1v) is 6.28. The van der Waals surface area contributed by atoms with Gasteiger partial charge in [0.25, 0.3) is 0 Å². The van der Waals surface area contributed by atoms with Gasteiger partial charge in [-0.15, -0.1) is 11.8 Å². The Morgan fingerprint density at radius 1 is 1.28 bits per heavy atom. The summed E-state index contributed by atoms with van der Waals surface area (Å²) in [4.78, 5) is 21.7. The van der Waals surface area contributed by atoms with Crippen molar-refractivity contribution in [2.24, 2.45) is 0 Å². The van der Waals surface area contributed by atoms with Gasteiger partial charge in [0.1, 0.15) is 0 Å². The number of carbonyl (C=O) groups excluding carboxylic acids is 2. The molecule has 1 atom stereocenters. The highest BCUT2D eigenvalue weighted by atomic mass is 32.2. The smallest absolute Gasteiger partial charge is 0.348 e. The van der Waals surface area contributed by atoms with Crippen LogP contribution in [0.5, 0.6) is 0 Å². The third-order valence-electron chi connectivity index (χ3n) is 1.92. The number of benzene rings is 1. The molecule has 0 aliphatic carbocycles. The number of thioether (sulfide) groups is 1. The number of carbonyl (C=O) groups is 2. The lowest BCUT2D eigenvalue weighted by Crippen LogP contribution is -2.21. The molecule has 0 unspecified atom stereocenters. The lowest BCUT2D eigenvalue weighted by molar-refractivity contribution is -0.168. The Labute approximate surface area is 109 Å². The van der Waals surface area contributed by atoms with Crippen molar-refractivity contribution in [2.75, 3.05) is 6.79 Å². The molecule has 1 aromatic rings. The van der Waals surface area contributed by atoms with Gasteiger partial charge in [-0.25, -0.2) is 4.79 Å². The van der Waals surface area contributed by atoms with Gasteiger partial charge in [-0.1, -0.05) is 30.3 Å². The largest absolute Gasteiger partial charge is 0.428 e. The van der Waals surface area contributed by atoms with Crippen LogP contribution in [-0.2, 0) is 24.8 Å². The summed E-state index contributed by atoms with van der Waals surface area (Å²) < 4.78 is 8.97. The number of hydrogen-bond acceptors (Lipinski definition) is 6. The minimum atomic E-state index is -1.29. The minimum absolute atomic E-state index is 0.475. The van der Waals surface area contributed by atoms with Crippen LogP contribution in [0.1, 0.15) is 12.5 Å². The highest BCUT2D eigenvalue weighted by Gasteiger charge is 2.17. The molecule has 1 aromatic carbocycles. The van der Waals surface area contributed by atoms with Crippen LogP contribution in [0, 0.1) is 0 Å². The van der Waals surface area contributed by atoms with Gasteiger partial charge in [-0.2, -0.15) is 0 Å². The van der Waals surface area contributed by atoms with Crippen molar-refractivity contribution in [3.8, 4) is 0 Å². The third-order valence-corrected chi connectivity index (χ3v) is 2.92. The van der Waals surface area contributed by atoms with Gasteiger partial charge in [0.15, 0.2) is 5.44 Å². The summed E-state index contributed by atoms with van der Waals surface area (Å²) in [6.07, 6.45) is 0. The summed E-state index contributed by atoms with van der Waals surface area (Å²) >= 11 is 1.04. The number of rotatable bonds is 6. The quantitative estimate of drug-likeness (QED) is 0.620. The monoisotopic (exact) mass is 270 g/mol. The Balaban J connectivity index is 2.25. The topological polar surface area (TPSA) is 72.8 Å². The maximum Gasteiger partial charge on any atom is 0.348 e. The summed E-state index contributed by atoms with van der Waals surface area (Å²) in [5.41, 5.74) is -0.296. The Morgan fingerprint density at radius 3 is 2.56 bits per heavy atom. The van der Waals surface area contributed by atoms with Gasteiger partial charge < -0.3 is 14.6 Å². The van der Waals surface area contributed by atoms with E-state index in [-0.39, 0.29) is 0 Å². The minimum Gasteiger partial charge on any atom is -0.428 e. The zero-order valence-electron chi connectivity index (χ0n) is 9.87. The van der Waals surface area contributed by atoms with Crippen LogP contribution in [0.2, 0.25) is 0 Å². The fourth-order valence-electron chi connectivity index (χ4n) is 1.06. The third kappa shape index (κ3) is 5.70. The second-order valence-electron chi connectivity index (χ2n) is 3.37. The fraction of sp³-hybridized carbons (Fsp3) is 0.333. The van der Waals surface area contributed by atoms with Crippen LogP contribution in [0.3, 0.4) is 0 Å². The SMILES string of the molecule is CC(=O)OCOC(=O)[C@@H](O)SCc1ccccc1. The van der Waals surface area contributed by atoms with E-state index in [1.54, 1.807) is 0 Å². The van der Waals surface area contributed by atoms with E-state index in [2.05, 4.69) is 9.47 Å². The van der Waals surface area contributed by atoms with Gasteiger partial charge in [0.05, 0.1) is 0 Å². The molecule has 0 radical (unpaired) electrons. The normalized spacial score (nSPS) is 11.7. The highest BCUT2D eigenvalue weighted by molar-refractivity contribution is 7.99. The number of ether oxygens (including phenoxy) is 2. The van der Waals surface area contributed by atoms with Crippen molar-refractivity contribution in [1.29, 1.82) is 0 Å². The summed E-state index contributed by atoms with van der Waals surface area (Å²) in [6, 6.07) is 9.42. The number of aliphatic hydroxyl groups excluding tert-OH is 1. The maximum atomic E-state index is 11.3. The predicted octanol–water partition coefficient (Wildman–Crippen LogP) is 1.30. The van der Waals surface area contributed by atoms with E-state index in [0.29, 0.717) is 5.75 Å². The molecule has 18 heavy (non-hydrogen) atoms. The molecule has 1 rings (SSSR count). The molecule has 0 saturated carbocycles. The highest BCUT2D eigenvalue weighted by Crippen LogP contribution is 2.16. The van der Waals surface area contributed by atoms with Crippen LogP contribution < -0.4 is 0 Å². The molecule has 6 heteroatoms. The molecule has 0 fully saturated rings.